The van der Waals surface area contributed by atoms with Crippen molar-refractivity contribution in [1.29, 1.82) is 0 Å². The Morgan fingerprint density at radius 1 is 1.45 bits per heavy atom. The lowest BCUT2D eigenvalue weighted by Crippen LogP contribution is -2.49. The van der Waals surface area contributed by atoms with Gasteiger partial charge in [0.15, 0.2) is 0 Å². The zero-order valence-corrected chi connectivity index (χ0v) is 13.6. The van der Waals surface area contributed by atoms with E-state index in [1.165, 1.54) is 0 Å². The molecule has 7 heteroatoms. The van der Waals surface area contributed by atoms with E-state index in [-0.39, 0.29) is 12.1 Å². The van der Waals surface area contributed by atoms with Gasteiger partial charge in [-0.25, -0.2) is 9.78 Å². The summed E-state index contributed by atoms with van der Waals surface area (Å²) in [6.45, 7) is 7.07. The number of amides is 1. The van der Waals surface area contributed by atoms with E-state index in [1.807, 2.05) is 25.7 Å². The Morgan fingerprint density at radius 3 is 2.91 bits per heavy atom. The zero-order chi connectivity index (χ0) is 16.2. The van der Waals surface area contributed by atoms with Crippen molar-refractivity contribution in [2.45, 2.75) is 45.3 Å². The number of piperidine rings is 1. The molecule has 0 bridgehead atoms. The van der Waals surface area contributed by atoms with E-state index in [0.29, 0.717) is 18.4 Å². The highest BCUT2D eigenvalue weighted by Gasteiger charge is 2.25. The van der Waals surface area contributed by atoms with Gasteiger partial charge in [-0.15, -0.1) is 0 Å². The second kappa shape index (κ2) is 6.81. The van der Waals surface area contributed by atoms with Crippen LogP contribution in [-0.4, -0.2) is 47.9 Å². The molecule has 1 aliphatic rings. The Kier molecular flexibility index (Phi) is 5.05. The minimum atomic E-state index is -0.492. The van der Waals surface area contributed by atoms with Crippen LogP contribution in [0.2, 0.25) is 0 Å². The molecule has 1 aliphatic heterocycles. The fraction of sp³-hybridized carbons (Fsp3) is 0.667. The summed E-state index contributed by atoms with van der Waals surface area (Å²) in [4.78, 5) is 22.5. The predicted octanol–water partition coefficient (Wildman–Crippen LogP) is 1.98. The van der Waals surface area contributed by atoms with E-state index in [0.717, 1.165) is 19.4 Å². The van der Waals surface area contributed by atoms with Crippen LogP contribution in [0.5, 0.6) is 5.88 Å². The summed E-state index contributed by atoms with van der Waals surface area (Å²) in [5.74, 6) is 1.15. The number of hydrogen-bond acceptors (Lipinski definition) is 6. The van der Waals surface area contributed by atoms with Crippen molar-refractivity contribution < 1.29 is 14.3 Å². The second-order valence-electron chi connectivity index (χ2n) is 6.33. The maximum absolute atomic E-state index is 11.9. The van der Waals surface area contributed by atoms with Gasteiger partial charge < -0.3 is 19.7 Å². The van der Waals surface area contributed by atoms with Gasteiger partial charge in [0.2, 0.25) is 11.8 Å². The molecule has 1 fully saturated rings. The minimum absolute atomic E-state index is 0.0263. The SMILES string of the molecule is COc1ccnc(N2CCC[C@H](NC(=O)OC(C)(C)C)C2)n1. The van der Waals surface area contributed by atoms with Gasteiger partial charge in [0.1, 0.15) is 5.60 Å². The van der Waals surface area contributed by atoms with Crippen LogP contribution in [0.1, 0.15) is 33.6 Å². The molecule has 1 saturated heterocycles. The van der Waals surface area contributed by atoms with Gasteiger partial charge >= 0.3 is 6.09 Å². The number of hydrogen-bond donors (Lipinski definition) is 1. The van der Waals surface area contributed by atoms with E-state index < -0.39 is 5.60 Å². The third-order valence-corrected chi connectivity index (χ3v) is 3.25. The Morgan fingerprint density at radius 2 is 2.23 bits per heavy atom. The van der Waals surface area contributed by atoms with Crippen LogP contribution in [0.3, 0.4) is 0 Å². The molecule has 0 spiro atoms. The highest BCUT2D eigenvalue weighted by molar-refractivity contribution is 5.68. The van der Waals surface area contributed by atoms with E-state index in [9.17, 15) is 4.79 Å². The summed E-state index contributed by atoms with van der Waals surface area (Å²) >= 11 is 0. The quantitative estimate of drug-likeness (QED) is 0.920. The van der Waals surface area contributed by atoms with Crippen LogP contribution in [0, 0.1) is 0 Å². The lowest BCUT2D eigenvalue weighted by molar-refractivity contribution is 0.0500. The molecule has 2 heterocycles. The first-order chi connectivity index (χ1) is 10.4. The highest BCUT2D eigenvalue weighted by atomic mass is 16.6. The van der Waals surface area contributed by atoms with Crippen molar-refractivity contribution in [1.82, 2.24) is 15.3 Å². The summed E-state index contributed by atoms with van der Waals surface area (Å²) in [5, 5.41) is 2.91. The molecule has 1 amide bonds. The first-order valence-electron chi connectivity index (χ1n) is 7.49. The van der Waals surface area contributed by atoms with Gasteiger partial charge in [-0.05, 0) is 33.6 Å². The molecule has 0 saturated carbocycles. The average molecular weight is 308 g/mol. The molecular weight excluding hydrogens is 284 g/mol. The third kappa shape index (κ3) is 4.75. The summed E-state index contributed by atoms with van der Waals surface area (Å²) in [6, 6.07) is 1.74. The molecule has 122 valence electrons. The minimum Gasteiger partial charge on any atom is -0.481 e. The zero-order valence-electron chi connectivity index (χ0n) is 13.6. The Bertz CT molecular complexity index is 516. The van der Waals surface area contributed by atoms with E-state index in [4.69, 9.17) is 9.47 Å². The summed E-state index contributed by atoms with van der Waals surface area (Å²) < 4.78 is 10.4. The van der Waals surface area contributed by atoms with Crippen LogP contribution < -0.4 is 15.0 Å². The second-order valence-corrected chi connectivity index (χ2v) is 6.33. The van der Waals surface area contributed by atoms with Crippen LogP contribution in [0.25, 0.3) is 0 Å². The molecule has 0 aromatic carbocycles. The monoisotopic (exact) mass is 308 g/mol. The number of aromatic nitrogens is 2. The number of rotatable bonds is 3. The number of methoxy groups -OCH3 is 1. The first kappa shape index (κ1) is 16.3. The molecule has 1 aromatic heterocycles. The molecule has 0 unspecified atom stereocenters. The summed E-state index contributed by atoms with van der Waals surface area (Å²) in [5.41, 5.74) is -0.492. The molecule has 1 aromatic rings. The molecule has 7 nitrogen and oxygen atoms in total. The maximum Gasteiger partial charge on any atom is 0.407 e. The van der Waals surface area contributed by atoms with Crippen LogP contribution >= 0.6 is 0 Å². The maximum atomic E-state index is 11.9. The van der Waals surface area contributed by atoms with Gasteiger partial charge in [0.05, 0.1) is 7.11 Å². The van der Waals surface area contributed by atoms with Crippen molar-refractivity contribution in [3.63, 3.8) is 0 Å². The largest absolute Gasteiger partial charge is 0.481 e. The Hall–Kier alpha value is -2.05. The van der Waals surface area contributed by atoms with Crippen LogP contribution in [0.15, 0.2) is 12.3 Å². The van der Waals surface area contributed by atoms with Gasteiger partial charge in [-0.2, -0.15) is 4.98 Å². The molecule has 0 aliphatic carbocycles. The van der Waals surface area contributed by atoms with Gasteiger partial charge in [-0.3, -0.25) is 0 Å². The van der Waals surface area contributed by atoms with E-state index >= 15 is 0 Å². The Labute approximate surface area is 131 Å². The molecular formula is C15H24N4O3. The van der Waals surface area contributed by atoms with Crippen molar-refractivity contribution in [2.75, 3.05) is 25.1 Å². The lowest BCUT2D eigenvalue weighted by Gasteiger charge is -2.33. The summed E-state index contributed by atoms with van der Waals surface area (Å²) in [7, 11) is 1.58. The number of carbonyl (C=O) groups is 1. The molecule has 2 rings (SSSR count). The number of nitrogens with zero attached hydrogens (tertiary/aromatic N) is 3. The molecule has 22 heavy (non-hydrogen) atoms. The average Bonchev–Trinajstić information content (AvgIpc) is 2.45. The first-order valence-corrected chi connectivity index (χ1v) is 7.49. The van der Waals surface area contributed by atoms with Crippen LogP contribution in [-0.2, 0) is 4.74 Å². The van der Waals surface area contributed by atoms with Crippen molar-refractivity contribution in [2.24, 2.45) is 0 Å². The molecule has 1 N–H and O–H groups in total. The topological polar surface area (TPSA) is 76.6 Å². The van der Waals surface area contributed by atoms with Crippen LogP contribution in [0.4, 0.5) is 10.7 Å². The van der Waals surface area contributed by atoms with Gasteiger partial charge in [0, 0.05) is 31.4 Å². The van der Waals surface area contributed by atoms with E-state index in [2.05, 4.69) is 15.3 Å². The lowest BCUT2D eigenvalue weighted by atomic mass is 10.1. The van der Waals surface area contributed by atoms with Crippen molar-refractivity contribution in [3.05, 3.63) is 12.3 Å². The Balaban J connectivity index is 1.95. The van der Waals surface area contributed by atoms with Crippen molar-refractivity contribution >= 4 is 12.0 Å². The standard InChI is InChI=1S/C15H24N4O3/c1-15(2,3)22-14(20)17-11-6-5-9-19(10-11)13-16-8-7-12(18-13)21-4/h7-8,11H,5-6,9-10H2,1-4H3,(H,17,20)/t11-/m0/s1. The fourth-order valence-electron chi connectivity index (χ4n) is 2.35. The smallest absolute Gasteiger partial charge is 0.407 e. The fourth-order valence-corrected chi connectivity index (χ4v) is 2.35. The van der Waals surface area contributed by atoms with Crippen molar-refractivity contribution in [3.8, 4) is 5.88 Å². The summed E-state index contributed by atoms with van der Waals surface area (Å²) in [6.07, 6.45) is 3.17. The van der Waals surface area contributed by atoms with Gasteiger partial charge in [0.25, 0.3) is 0 Å². The molecule has 1 atom stereocenters. The number of carbonyl (C=O) groups excluding carboxylic acids is 1. The number of ether oxygens (including phenoxy) is 2. The normalized spacial score (nSPS) is 18.7. The third-order valence-electron chi connectivity index (χ3n) is 3.25. The number of alkyl carbamates (subject to hydrolysis) is 1. The van der Waals surface area contributed by atoms with E-state index in [1.54, 1.807) is 19.4 Å². The van der Waals surface area contributed by atoms with Gasteiger partial charge in [-0.1, -0.05) is 0 Å². The molecule has 0 radical (unpaired) electrons. The predicted molar refractivity (Wildman–Crippen MR) is 83.2 cm³/mol. The number of nitrogens with one attached hydrogen (secondary N) is 1. The number of anilines is 1. The highest BCUT2D eigenvalue weighted by Crippen LogP contribution is 2.18.